The van der Waals surface area contributed by atoms with Gasteiger partial charge in [0.15, 0.2) is 0 Å². The van der Waals surface area contributed by atoms with E-state index < -0.39 is 5.97 Å². The summed E-state index contributed by atoms with van der Waals surface area (Å²) >= 11 is 0. The Balaban J connectivity index is 1.92. The standard InChI is InChI=1S/C15H19N3O2/c1-9-6-12-13(7-10(9)2)17-15(16-12)18-5-3-4-11(8-18)14(19)20/h6-7,11H,3-5,8H2,1-2H3,(H,16,17)(H,19,20). The molecular formula is C15H19N3O2. The Morgan fingerprint density at radius 2 is 2.15 bits per heavy atom. The molecule has 3 rings (SSSR count). The number of rotatable bonds is 2. The lowest BCUT2D eigenvalue weighted by atomic mass is 9.99. The molecule has 0 bridgehead atoms. The van der Waals surface area contributed by atoms with Gasteiger partial charge in [0.1, 0.15) is 0 Å². The molecule has 1 unspecified atom stereocenters. The van der Waals surface area contributed by atoms with E-state index in [1.807, 2.05) is 4.90 Å². The minimum absolute atomic E-state index is 0.291. The van der Waals surface area contributed by atoms with Crippen molar-refractivity contribution in [2.75, 3.05) is 18.0 Å². The molecule has 1 aromatic carbocycles. The topological polar surface area (TPSA) is 69.2 Å². The van der Waals surface area contributed by atoms with Crippen LogP contribution in [-0.4, -0.2) is 34.1 Å². The number of aryl methyl sites for hydroxylation is 2. The fourth-order valence-corrected chi connectivity index (χ4v) is 2.78. The summed E-state index contributed by atoms with van der Waals surface area (Å²) in [5.41, 5.74) is 4.41. The third-order valence-electron chi connectivity index (χ3n) is 4.16. The van der Waals surface area contributed by atoms with Gasteiger partial charge >= 0.3 is 5.97 Å². The van der Waals surface area contributed by atoms with Crippen molar-refractivity contribution in [1.29, 1.82) is 0 Å². The lowest BCUT2D eigenvalue weighted by Gasteiger charge is -2.30. The van der Waals surface area contributed by atoms with Gasteiger partial charge in [-0.15, -0.1) is 0 Å². The van der Waals surface area contributed by atoms with Crippen LogP contribution in [0.25, 0.3) is 11.0 Å². The third kappa shape index (κ3) is 2.24. The first-order valence-corrected chi connectivity index (χ1v) is 6.99. The molecule has 1 aliphatic heterocycles. The third-order valence-corrected chi connectivity index (χ3v) is 4.16. The Morgan fingerprint density at radius 1 is 1.40 bits per heavy atom. The highest BCUT2D eigenvalue weighted by molar-refractivity contribution is 5.79. The number of carboxylic acid groups (broad SMARTS) is 1. The van der Waals surface area contributed by atoms with Gasteiger partial charge in [-0.1, -0.05) is 0 Å². The number of fused-ring (bicyclic) bond motifs is 1. The average molecular weight is 273 g/mol. The van der Waals surface area contributed by atoms with Crippen molar-refractivity contribution in [3.8, 4) is 0 Å². The molecule has 20 heavy (non-hydrogen) atoms. The van der Waals surface area contributed by atoms with Crippen LogP contribution in [-0.2, 0) is 4.79 Å². The van der Waals surface area contributed by atoms with E-state index in [1.54, 1.807) is 0 Å². The predicted molar refractivity (Wildman–Crippen MR) is 78.1 cm³/mol. The first-order chi connectivity index (χ1) is 9.54. The summed E-state index contributed by atoms with van der Waals surface area (Å²) in [4.78, 5) is 21.1. The van der Waals surface area contributed by atoms with Crippen LogP contribution in [0.2, 0.25) is 0 Å². The van der Waals surface area contributed by atoms with E-state index >= 15 is 0 Å². The van der Waals surface area contributed by atoms with Crippen LogP contribution in [0.5, 0.6) is 0 Å². The Labute approximate surface area is 117 Å². The number of H-pyrrole nitrogens is 1. The number of nitrogens with zero attached hydrogens (tertiary/aromatic N) is 2. The Bertz CT molecular complexity index is 623. The number of anilines is 1. The van der Waals surface area contributed by atoms with Crippen LogP contribution in [0.15, 0.2) is 12.1 Å². The van der Waals surface area contributed by atoms with E-state index in [9.17, 15) is 4.79 Å². The Kier molecular flexibility index (Phi) is 3.12. The summed E-state index contributed by atoms with van der Waals surface area (Å²) < 4.78 is 0. The molecule has 0 amide bonds. The zero-order valence-corrected chi connectivity index (χ0v) is 11.8. The predicted octanol–water partition coefficient (Wildman–Crippen LogP) is 2.48. The number of hydrogen-bond donors (Lipinski definition) is 2. The normalized spacial score (nSPS) is 19.5. The van der Waals surface area contributed by atoms with E-state index in [1.165, 1.54) is 11.1 Å². The summed E-state index contributed by atoms with van der Waals surface area (Å²) in [6.45, 7) is 5.55. The van der Waals surface area contributed by atoms with Crippen LogP contribution in [0, 0.1) is 19.8 Å². The maximum absolute atomic E-state index is 11.1. The van der Waals surface area contributed by atoms with Crippen molar-refractivity contribution in [2.24, 2.45) is 5.92 Å². The van der Waals surface area contributed by atoms with Gasteiger partial charge in [-0.25, -0.2) is 4.98 Å². The first-order valence-electron chi connectivity index (χ1n) is 6.99. The summed E-state index contributed by atoms with van der Waals surface area (Å²) in [6.07, 6.45) is 1.65. The fourth-order valence-electron chi connectivity index (χ4n) is 2.78. The van der Waals surface area contributed by atoms with Crippen molar-refractivity contribution in [2.45, 2.75) is 26.7 Å². The monoisotopic (exact) mass is 273 g/mol. The summed E-state index contributed by atoms with van der Waals surface area (Å²) in [7, 11) is 0. The SMILES string of the molecule is Cc1cc2nc(N3CCCC(C(=O)O)C3)[nH]c2cc1C. The second-order valence-corrected chi connectivity index (χ2v) is 5.64. The number of aromatic nitrogens is 2. The van der Waals surface area contributed by atoms with Crippen LogP contribution in [0.3, 0.4) is 0 Å². The number of aliphatic carboxylic acids is 1. The van der Waals surface area contributed by atoms with Crippen molar-refractivity contribution >= 4 is 23.0 Å². The molecular weight excluding hydrogens is 254 g/mol. The number of piperidine rings is 1. The van der Waals surface area contributed by atoms with E-state index in [-0.39, 0.29) is 5.92 Å². The maximum Gasteiger partial charge on any atom is 0.308 e. The van der Waals surface area contributed by atoms with Gasteiger partial charge in [0.25, 0.3) is 0 Å². The van der Waals surface area contributed by atoms with Gasteiger partial charge in [0, 0.05) is 13.1 Å². The highest BCUT2D eigenvalue weighted by Crippen LogP contribution is 2.25. The number of nitrogens with one attached hydrogen (secondary N) is 1. The minimum Gasteiger partial charge on any atom is -0.481 e. The van der Waals surface area contributed by atoms with Gasteiger partial charge in [0.05, 0.1) is 17.0 Å². The zero-order chi connectivity index (χ0) is 14.3. The number of aromatic amines is 1. The maximum atomic E-state index is 11.1. The molecule has 0 spiro atoms. The van der Waals surface area contributed by atoms with Crippen molar-refractivity contribution in [3.63, 3.8) is 0 Å². The molecule has 1 aromatic heterocycles. The first kappa shape index (κ1) is 13.0. The number of benzene rings is 1. The molecule has 1 saturated heterocycles. The average Bonchev–Trinajstić information content (AvgIpc) is 2.82. The van der Waals surface area contributed by atoms with Crippen molar-refractivity contribution < 1.29 is 9.90 Å². The van der Waals surface area contributed by atoms with E-state index in [0.29, 0.717) is 6.54 Å². The Hall–Kier alpha value is -2.04. The molecule has 0 radical (unpaired) electrons. The molecule has 106 valence electrons. The van der Waals surface area contributed by atoms with Crippen LogP contribution in [0.1, 0.15) is 24.0 Å². The van der Waals surface area contributed by atoms with E-state index in [2.05, 4.69) is 35.9 Å². The number of carbonyl (C=O) groups is 1. The van der Waals surface area contributed by atoms with Gasteiger partial charge in [0.2, 0.25) is 5.95 Å². The lowest BCUT2D eigenvalue weighted by Crippen LogP contribution is -2.39. The molecule has 5 nitrogen and oxygen atoms in total. The van der Waals surface area contributed by atoms with Crippen LogP contribution < -0.4 is 4.90 Å². The minimum atomic E-state index is -0.711. The number of hydrogen-bond acceptors (Lipinski definition) is 3. The molecule has 2 N–H and O–H groups in total. The summed E-state index contributed by atoms with van der Waals surface area (Å²) in [5, 5.41) is 9.16. The fraction of sp³-hybridized carbons (Fsp3) is 0.467. The summed E-state index contributed by atoms with van der Waals surface area (Å²) in [6, 6.07) is 4.17. The van der Waals surface area contributed by atoms with Crippen molar-refractivity contribution in [1.82, 2.24) is 9.97 Å². The molecule has 2 aromatic rings. The van der Waals surface area contributed by atoms with Gasteiger partial charge in [-0.3, -0.25) is 4.79 Å². The number of carboxylic acids is 1. The molecule has 0 saturated carbocycles. The molecule has 2 heterocycles. The van der Waals surface area contributed by atoms with Crippen LogP contribution in [0.4, 0.5) is 5.95 Å². The highest BCUT2D eigenvalue weighted by atomic mass is 16.4. The smallest absolute Gasteiger partial charge is 0.308 e. The lowest BCUT2D eigenvalue weighted by molar-refractivity contribution is -0.141. The molecule has 0 aliphatic carbocycles. The van der Waals surface area contributed by atoms with E-state index in [4.69, 9.17) is 5.11 Å². The second-order valence-electron chi connectivity index (χ2n) is 5.64. The van der Waals surface area contributed by atoms with Gasteiger partial charge < -0.3 is 15.0 Å². The quantitative estimate of drug-likeness (QED) is 0.882. The molecule has 5 heteroatoms. The van der Waals surface area contributed by atoms with Crippen LogP contribution >= 0.6 is 0 Å². The Morgan fingerprint density at radius 3 is 2.90 bits per heavy atom. The van der Waals surface area contributed by atoms with Crippen molar-refractivity contribution in [3.05, 3.63) is 23.3 Å². The highest BCUT2D eigenvalue weighted by Gasteiger charge is 2.26. The second kappa shape index (κ2) is 4.81. The molecule has 1 atom stereocenters. The molecule has 1 fully saturated rings. The molecule has 1 aliphatic rings. The van der Waals surface area contributed by atoms with Gasteiger partial charge in [-0.2, -0.15) is 0 Å². The zero-order valence-electron chi connectivity index (χ0n) is 11.8. The summed E-state index contributed by atoms with van der Waals surface area (Å²) in [5.74, 6) is -0.214. The number of imidazole rings is 1. The van der Waals surface area contributed by atoms with E-state index in [0.717, 1.165) is 36.4 Å². The van der Waals surface area contributed by atoms with Gasteiger partial charge in [-0.05, 0) is 49.9 Å². The largest absolute Gasteiger partial charge is 0.481 e.